The van der Waals surface area contributed by atoms with Crippen molar-refractivity contribution in [3.05, 3.63) is 192 Å². The number of benzene rings is 8. The van der Waals surface area contributed by atoms with E-state index in [9.17, 15) is 10.5 Å². The standard InChI is InChI=1S/C53H36N4/c1-33-10-8-12-37(23-33)39-18-20-50-45(27-39)43-14-4-6-16-48(43)56(50)52-29-42(41-25-35(3)22-36(26-41)31-54)30-53(47(52)32-55)57-49-17-7-5-15-44(49)46-28-40(19-21-51(46)57)38-13-9-11-34(2)24-38/h4-30H,1-3H3. The number of hydrogen-bond acceptors (Lipinski definition) is 2. The number of fused-ring (bicyclic) bond motifs is 6. The van der Waals surface area contributed by atoms with E-state index in [1.165, 1.54) is 22.3 Å². The van der Waals surface area contributed by atoms with Gasteiger partial charge in [-0.1, -0.05) is 114 Å². The molecule has 0 radical (unpaired) electrons. The number of rotatable bonds is 5. The molecule has 268 valence electrons. The Bertz CT molecular complexity index is 3180. The summed E-state index contributed by atoms with van der Waals surface area (Å²) in [6, 6.07) is 62.7. The van der Waals surface area contributed by atoms with E-state index in [1.807, 2.05) is 19.1 Å². The number of aryl methyl sites for hydroxylation is 3. The van der Waals surface area contributed by atoms with Gasteiger partial charge in [0.15, 0.2) is 0 Å². The van der Waals surface area contributed by atoms with Crippen LogP contribution in [-0.4, -0.2) is 9.13 Å². The predicted octanol–water partition coefficient (Wildman–Crippen LogP) is 13.6. The lowest BCUT2D eigenvalue weighted by atomic mass is 9.97. The highest BCUT2D eigenvalue weighted by molar-refractivity contribution is 6.12. The maximum atomic E-state index is 11.4. The summed E-state index contributed by atoms with van der Waals surface area (Å²) in [5.41, 5.74) is 16.6. The molecule has 0 bridgehead atoms. The molecular weight excluding hydrogens is 693 g/mol. The fourth-order valence-electron chi connectivity index (χ4n) is 8.73. The summed E-state index contributed by atoms with van der Waals surface area (Å²) in [4.78, 5) is 0. The van der Waals surface area contributed by atoms with Gasteiger partial charge in [0.1, 0.15) is 11.6 Å². The Kier molecular flexibility index (Phi) is 7.89. The minimum absolute atomic E-state index is 0.558. The van der Waals surface area contributed by atoms with Gasteiger partial charge in [-0.2, -0.15) is 10.5 Å². The van der Waals surface area contributed by atoms with Crippen LogP contribution < -0.4 is 0 Å². The predicted molar refractivity (Wildman–Crippen MR) is 235 cm³/mol. The van der Waals surface area contributed by atoms with Crippen LogP contribution in [0.4, 0.5) is 0 Å². The topological polar surface area (TPSA) is 57.4 Å². The molecule has 2 heterocycles. The fourth-order valence-corrected chi connectivity index (χ4v) is 8.73. The van der Waals surface area contributed by atoms with Crippen LogP contribution in [0.1, 0.15) is 27.8 Å². The van der Waals surface area contributed by atoms with Crippen LogP contribution in [0.5, 0.6) is 0 Å². The summed E-state index contributed by atoms with van der Waals surface area (Å²) < 4.78 is 4.50. The summed E-state index contributed by atoms with van der Waals surface area (Å²) in [5.74, 6) is 0. The van der Waals surface area contributed by atoms with E-state index < -0.39 is 0 Å². The van der Waals surface area contributed by atoms with E-state index in [0.29, 0.717) is 11.1 Å². The van der Waals surface area contributed by atoms with E-state index in [0.717, 1.165) is 82.8 Å². The fraction of sp³-hybridized carbons (Fsp3) is 0.0566. The number of aromatic nitrogens is 2. The molecule has 0 saturated heterocycles. The third kappa shape index (κ3) is 5.58. The van der Waals surface area contributed by atoms with E-state index >= 15 is 0 Å². The van der Waals surface area contributed by atoms with Crippen molar-refractivity contribution >= 4 is 43.6 Å². The van der Waals surface area contributed by atoms with Gasteiger partial charge in [-0.25, -0.2) is 0 Å². The first-order valence-corrected chi connectivity index (χ1v) is 19.2. The van der Waals surface area contributed by atoms with Gasteiger partial charge in [-0.15, -0.1) is 0 Å². The molecule has 10 rings (SSSR count). The van der Waals surface area contributed by atoms with Crippen LogP contribution in [-0.2, 0) is 0 Å². The van der Waals surface area contributed by atoms with Crippen molar-refractivity contribution in [3.8, 4) is 56.9 Å². The molecule has 4 heteroatoms. The van der Waals surface area contributed by atoms with Crippen molar-refractivity contribution in [1.29, 1.82) is 10.5 Å². The van der Waals surface area contributed by atoms with Gasteiger partial charge in [0.25, 0.3) is 0 Å². The summed E-state index contributed by atoms with van der Waals surface area (Å²) in [5, 5.41) is 25.9. The van der Waals surface area contributed by atoms with Crippen LogP contribution in [0, 0.1) is 43.4 Å². The van der Waals surface area contributed by atoms with Crippen molar-refractivity contribution < 1.29 is 0 Å². The number of para-hydroxylation sites is 2. The van der Waals surface area contributed by atoms with Crippen LogP contribution in [0.15, 0.2) is 164 Å². The molecule has 0 amide bonds. The Morgan fingerprint density at radius 2 is 0.807 bits per heavy atom. The van der Waals surface area contributed by atoms with Crippen molar-refractivity contribution in [3.63, 3.8) is 0 Å². The van der Waals surface area contributed by atoms with Gasteiger partial charge in [0.05, 0.1) is 45.1 Å². The zero-order valence-electron chi connectivity index (χ0n) is 31.9. The highest BCUT2D eigenvalue weighted by atomic mass is 15.0. The largest absolute Gasteiger partial charge is 0.308 e. The Morgan fingerprint density at radius 3 is 1.30 bits per heavy atom. The molecular formula is C53H36N4. The van der Waals surface area contributed by atoms with Gasteiger partial charge in [-0.05, 0) is 120 Å². The normalized spacial score (nSPS) is 11.4. The molecule has 0 atom stereocenters. The first-order valence-electron chi connectivity index (χ1n) is 19.2. The third-order valence-electron chi connectivity index (χ3n) is 11.3. The van der Waals surface area contributed by atoms with E-state index in [-0.39, 0.29) is 0 Å². The second kappa shape index (κ2) is 13.3. The molecule has 0 unspecified atom stereocenters. The van der Waals surface area contributed by atoms with Crippen LogP contribution in [0.25, 0.3) is 88.4 Å². The van der Waals surface area contributed by atoms with Gasteiger partial charge in [-0.3, -0.25) is 0 Å². The Labute approximate surface area is 331 Å². The summed E-state index contributed by atoms with van der Waals surface area (Å²) in [6.45, 7) is 6.26. The lowest BCUT2D eigenvalue weighted by molar-refractivity contribution is 1.12. The lowest BCUT2D eigenvalue weighted by Crippen LogP contribution is -2.05. The average molecular weight is 729 g/mol. The van der Waals surface area contributed by atoms with Gasteiger partial charge < -0.3 is 9.13 Å². The maximum Gasteiger partial charge on any atom is 0.104 e. The molecule has 0 N–H and O–H groups in total. The highest BCUT2D eigenvalue weighted by Gasteiger charge is 2.23. The van der Waals surface area contributed by atoms with Crippen LogP contribution in [0.3, 0.4) is 0 Å². The highest BCUT2D eigenvalue weighted by Crippen LogP contribution is 2.42. The molecule has 0 aliphatic carbocycles. The first-order chi connectivity index (χ1) is 27.9. The molecule has 10 aromatic rings. The minimum Gasteiger partial charge on any atom is -0.308 e. The summed E-state index contributed by atoms with van der Waals surface area (Å²) in [7, 11) is 0. The zero-order chi connectivity index (χ0) is 38.8. The van der Waals surface area contributed by atoms with Gasteiger partial charge in [0, 0.05) is 21.5 Å². The van der Waals surface area contributed by atoms with E-state index in [2.05, 4.69) is 187 Å². The SMILES string of the molecule is Cc1cccc(-c2ccc3c(c2)c2ccccc2n3-c2cc(-c3cc(C)cc(C#N)c3)cc(-n3c4ccccc4c4cc(-c5cccc(C)c5)ccc43)c2C#N)c1. The molecule has 4 nitrogen and oxygen atoms in total. The van der Waals surface area contributed by atoms with E-state index in [4.69, 9.17) is 0 Å². The molecule has 0 fully saturated rings. The maximum absolute atomic E-state index is 11.4. The lowest BCUT2D eigenvalue weighted by Gasteiger charge is -2.19. The third-order valence-corrected chi connectivity index (χ3v) is 11.3. The number of hydrogen-bond donors (Lipinski definition) is 0. The van der Waals surface area contributed by atoms with Gasteiger partial charge in [0.2, 0.25) is 0 Å². The molecule has 8 aromatic carbocycles. The monoisotopic (exact) mass is 728 g/mol. The molecule has 2 aromatic heterocycles. The van der Waals surface area contributed by atoms with E-state index in [1.54, 1.807) is 0 Å². The second-order valence-electron chi connectivity index (χ2n) is 15.1. The summed E-state index contributed by atoms with van der Waals surface area (Å²) in [6.07, 6.45) is 0. The van der Waals surface area contributed by atoms with Crippen molar-refractivity contribution in [1.82, 2.24) is 9.13 Å². The average Bonchev–Trinajstić information content (AvgIpc) is 3.75. The summed E-state index contributed by atoms with van der Waals surface area (Å²) >= 11 is 0. The Morgan fingerprint density at radius 1 is 0.351 bits per heavy atom. The molecule has 0 spiro atoms. The first kappa shape index (κ1) is 33.9. The number of nitrogens with zero attached hydrogens (tertiary/aromatic N) is 4. The van der Waals surface area contributed by atoms with Gasteiger partial charge >= 0.3 is 0 Å². The van der Waals surface area contributed by atoms with Crippen LogP contribution in [0.2, 0.25) is 0 Å². The van der Waals surface area contributed by atoms with Crippen molar-refractivity contribution in [2.45, 2.75) is 20.8 Å². The zero-order valence-corrected chi connectivity index (χ0v) is 31.9. The minimum atomic E-state index is 0.558. The molecule has 0 saturated carbocycles. The molecule has 0 aliphatic heterocycles. The Balaban J connectivity index is 1.31. The van der Waals surface area contributed by atoms with Crippen LogP contribution >= 0.6 is 0 Å². The second-order valence-corrected chi connectivity index (χ2v) is 15.1. The number of nitriles is 2. The quantitative estimate of drug-likeness (QED) is 0.177. The van der Waals surface area contributed by atoms with Crippen molar-refractivity contribution in [2.24, 2.45) is 0 Å². The molecule has 57 heavy (non-hydrogen) atoms. The van der Waals surface area contributed by atoms with Crippen molar-refractivity contribution in [2.75, 3.05) is 0 Å². The Hall–Kier alpha value is -7.66. The molecule has 0 aliphatic rings. The smallest absolute Gasteiger partial charge is 0.104 e.